The number of benzene rings is 2. The van der Waals surface area contributed by atoms with Crippen LogP contribution >= 0.6 is 0 Å². The zero-order valence-corrected chi connectivity index (χ0v) is 20.0. The van der Waals surface area contributed by atoms with Crippen LogP contribution in [0.2, 0.25) is 0 Å². The molecule has 38 heavy (non-hydrogen) atoms. The molecule has 1 aliphatic heterocycles. The van der Waals surface area contributed by atoms with Crippen molar-refractivity contribution in [1.29, 1.82) is 0 Å². The first-order valence-corrected chi connectivity index (χ1v) is 11.5. The van der Waals surface area contributed by atoms with E-state index in [0.717, 1.165) is 12.1 Å². The van der Waals surface area contributed by atoms with Gasteiger partial charge in [-0.15, -0.1) is 0 Å². The van der Waals surface area contributed by atoms with Gasteiger partial charge in [-0.1, -0.05) is 18.2 Å². The lowest BCUT2D eigenvalue weighted by Gasteiger charge is -2.30. The van der Waals surface area contributed by atoms with Gasteiger partial charge in [-0.25, -0.2) is 9.99 Å². The van der Waals surface area contributed by atoms with Crippen molar-refractivity contribution in [2.24, 2.45) is 0 Å². The molecule has 10 heteroatoms. The van der Waals surface area contributed by atoms with Crippen molar-refractivity contribution in [2.75, 3.05) is 17.4 Å². The number of amides is 2. The number of nitrogens with one attached hydrogen (secondary N) is 1. The molecule has 0 bridgehead atoms. The van der Waals surface area contributed by atoms with Crippen LogP contribution in [-0.4, -0.2) is 33.8 Å². The van der Waals surface area contributed by atoms with Crippen LogP contribution in [0, 0.1) is 0 Å². The van der Waals surface area contributed by atoms with E-state index in [1.54, 1.807) is 73.9 Å². The monoisotopic (exact) mass is 515 g/mol. The molecule has 0 saturated heterocycles. The highest BCUT2D eigenvalue weighted by Gasteiger charge is 2.39. The van der Waals surface area contributed by atoms with E-state index in [2.05, 4.69) is 15.3 Å². The van der Waals surface area contributed by atoms with Gasteiger partial charge in [-0.2, -0.15) is 13.2 Å². The van der Waals surface area contributed by atoms with Crippen molar-refractivity contribution in [3.05, 3.63) is 119 Å². The Kier molecular flexibility index (Phi) is 6.38. The number of hydrazine groups is 1. The number of carbonyl (C=O) groups excluding carboxylic acids is 2. The van der Waals surface area contributed by atoms with Crippen molar-refractivity contribution in [3.63, 3.8) is 0 Å². The van der Waals surface area contributed by atoms with Crippen molar-refractivity contribution in [1.82, 2.24) is 15.0 Å². The molecule has 2 aromatic carbocycles. The van der Waals surface area contributed by atoms with Gasteiger partial charge in [0, 0.05) is 42.5 Å². The second-order valence-electron chi connectivity index (χ2n) is 8.43. The zero-order valence-electron chi connectivity index (χ0n) is 20.0. The molecular formula is C28H20F3N5O2. The summed E-state index contributed by atoms with van der Waals surface area (Å²) in [5, 5.41) is 5.56. The van der Waals surface area contributed by atoms with Gasteiger partial charge in [0.15, 0.2) is 0 Å². The van der Waals surface area contributed by atoms with Crippen LogP contribution in [0.15, 0.2) is 91.4 Å². The van der Waals surface area contributed by atoms with Gasteiger partial charge in [0.1, 0.15) is 5.82 Å². The van der Waals surface area contributed by atoms with Gasteiger partial charge in [0.05, 0.1) is 16.8 Å². The summed E-state index contributed by atoms with van der Waals surface area (Å²) < 4.78 is 40.7. The van der Waals surface area contributed by atoms with Crippen LogP contribution in [0.4, 0.5) is 24.7 Å². The molecule has 0 fully saturated rings. The van der Waals surface area contributed by atoms with Gasteiger partial charge >= 0.3 is 6.18 Å². The third kappa shape index (κ3) is 4.83. The molecule has 5 rings (SSSR count). The quantitative estimate of drug-likeness (QED) is 0.366. The lowest BCUT2D eigenvalue weighted by Crippen LogP contribution is -2.39. The smallest absolute Gasteiger partial charge is 0.322 e. The number of halogens is 3. The van der Waals surface area contributed by atoms with Crippen molar-refractivity contribution in [3.8, 4) is 0 Å². The zero-order chi connectivity index (χ0) is 26.9. The molecule has 0 aliphatic carbocycles. The van der Waals surface area contributed by atoms with Crippen molar-refractivity contribution >= 4 is 35.1 Å². The van der Waals surface area contributed by atoms with Crippen LogP contribution in [0.1, 0.15) is 37.4 Å². The number of hydrogen-bond donors (Lipinski definition) is 1. The summed E-state index contributed by atoms with van der Waals surface area (Å²) >= 11 is 0. The van der Waals surface area contributed by atoms with Crippen molar-refractivity contribution < 1.29 is 22.8 Å². The molecule has 0 unspecified atom stereocenters. The minimum Gasteiger partial charge on any atom is -0.322 e. The van der Waals surface area contributed by atoms with Gasteiger partial charge in [-0.3, -0.25) is 19.6 Å². The summed E-state index contributed by atoms with van der Waals surface area (Å²) in [4.78, 5) is 34.2. The predicted molar refractivity (Wildman–Crippen MR) is 137 cm³/mol. The summed E-state index contributed by atoms with van der Waals surface area (Å²) in [7, 11) is 1.61. The number of fused-ring (bicyclic) bond motifs is 1. The lowest BCUT2D eigenvalue weighted by atomic mass is 10.0. The van der Waals surface area contributed by atoms with E-state index in [4.69, 9.17) is 0 Å². The van der Waals surface area contributed by atoms with Crippen LogP contribution in [0.5, 0.6) is 0 Å². The normalized spacial score (nSPS) is 13.9. The highest BCUT2D eigenvalue weighted by atomic mass is 19.4. The fourth-order valence-electron chi connectivity index (χ4n) is 4.11. The summed E-state index contributed by atoms with van der Waals surface area (Å²) in [6, 6.07) is 18.1. The third-order valence-corrected chi connectivity index (χ3v) is 5.95. The molecule has 4 aromatic rings. The van der Waals surface area contributed by atoms with Gasteiger partial charge in [0.2, 0.25) is 0 Å². The number of carbonyl (C=O) groups is 2. The molecule has 0 radical (unpaired) electrons. The van der Waals surface area contributed by atoms with E-state index in [9.17, 15) is 22.8 Å². The van der Waals surface area contributed by atoms with E-state index in [1.165, 1.54) is 28.5 Å². The van der Waals surface area contributed by atoms with E-state index in [-0.39, 0.29) is 22.7 Å². The maximum Gasteiger partial charge on any atom is 0.416 e. The first kappa shape index (κ1) is 24.7. The molecular weight excluding hydrogens is 495 g/mol. The van der Waals surface area contributed by atoms with E-state index in [1.807, 2.05) is 0 Å². The molecule has 0 saturated carbocycles. The minimum absolute atomic E-state index is 0.133. The average molecular weight is 515 g/mol. The first-order chi connectivity index (χ1) is 18.2. The van der Waals surface area contributed by atoms with E-state index >= 15 is 0 Å². The maximum absolute atomic E-state index is 13.6. The second kappa shape index (κ2) is 9.81. The predicted octanol–water partition coefficient (Wildman–Crippen LogP) is 5.75. The van der Waals surface area contributed by atoms with Crippen LogP contribution < -0.4 is 10.3 Å². The largest absolute Gasteiger partial charge is 0.416 e. The summed E-state index contributed by atoms with van der Waals surface area (Å²) in [6.45, 7) is 0. The topological polar surface area (TPSA) is 78.4 Å². The van der Waals surface area contributed by atoms with Gasteiger partial charge in [-0.05, 0) is 66.2 Å². The van der Waals surface area contributed by atoms with E-state index < -0.39 is 17.6 Å². The molecule has 190 valence electrons. The lowest BCUT2D eigenvalue weighted by molar-refractivity contribution is -0.137. The third-order valence-electron chi connectivity index (χ3n) is 5.95. The Labute approximate surface area is 215 Å². The summed E-state index contributed by atoms with van der Waals surface area (Å²) in [5.41, 5.74) is 1.09. The fraction of sp³-hybridized carbons (Fsp3) is 0.0714. The van der Waals surface area contributed by atoms with E-state index in [0.29, 0.717) is 22.6 Å². The number of pyridine rings is 2. The van der Waals surface area contributed by atoms with Gasteiger partial charge < -0.3 is 5.32 Å². The molecule has 0 atom stereocenters. The summed E-state index contributed by atoms with van der Waals surface area (Å²) in [5.74, 6) is -0.408. The number of anilines is 2. The number of aromatic nitrogens is 2. The SMILES string of the molecule is CN(c1ccccn1)N1C(=O)c2ccc(C(F)(F)F)cc2/C1=C/c1cccc(NC(=O)c2ccncc2)c1. The number of alkyl halides is 3. The number of hydrogen-bond acceptors (Lipinski definition) is 5. The molecule has 2 aromatic heterocycles. The summed E-state index contributed by atoms with van der Waals surface area (Å²) in [6.07, 6.45) is 1.59. The molecule has 1 aliphatic rings. The highest BCUT2D eigenvalue weighted by molar-refractivity contribution is 6.12. The van der Waals surface area contributed by atoms with Crippen LogP contribution in [-0.2, 0) is 6.18 Å². The minimum atomic E-state index is -4.58. The Morgan fingerprint density at radius 2 is 1.74 bits per heavy atom. The van der Waals surface area contributed by atoms with Gasteiger partial charge in [0.25, 0.3) is 11.8 Å². The van der Waals surface area contributed by atoms with Crippen LogP contribution in [0.25, 0.3) is 11.8 Å². The number of nitrogens with zero attached hydrogens (tertiary/aromatic N) is 4. The molecule has 2 amide bonds. The van der Waals surface area contributed by atoms with Crippen molar-refractivity contribution in [2.45, 2.75) is 6.18 Å². The molecule has 7 nitrogen and oxygen atoms in total. The second-order valence-corrected chi connectivity index (χ2v) is 8.43. The molecule has 0 spiro atoms. The Balaban J connectivity index is 1.57. The average Bonchev–Trinajstić information content (AvgIpc) is 3.19. The number of rotatable bonds is 5. The Hall–Kier alpha value is -4.99. The molecule has 1 N–H and O–H groups in total. The Bertz CT molecular complexity index is 1540. The molecule has 3 heterocycles. The Morgan fingerprint density at radius 3 is 2.45 bits per heavy atom. The standard InChI is InChI=1S/C28H20F3N5O2/c1-35(25-7-2-3-12-33-25)36-24(23-17-20(28(29,30)31)8-9-22(23)27(36)38)16-18-5-4-6-21(15-18)34-26(37)19-10-13-32-14-11-19/h2-17H,1H3,(H,34,37)/b24-16-. The highest BCUT2D eigenvalue weighted by Crippen LogP contribution is 2.40. The first-order valence-electron chi connectivity index (χ1n) is 11.5. The van der Waals surface area contributed by atoms with Crippen LogP contribution in [0.3, 0.4) is 0 Å². The Morgan fingerprint density at radius 1 is 0.947 bits per heavy atom. The fourth-order valence-corrected chi connectivity index (χ4v) is 4.11. The maximum atomic E-state index is 13.6.